The lowest BCUT2D eigenvalue weighted by molar-refractivity contribution is 0.598. The molecule has 0 aliphatic rings. The van der Waals surface area contributed by atoms with Crippen LogP contribution < -0.4 is 16.4 Å². The zero-order valence-electron chi connectivity index (χ0n) is 16.2. The second-order valence-corrected chi connectivity index (χ2v) is 8.59. The summed E-state index contributed by atoms with van der Waals surface area (Å²) in [6, 6.07) is 15.5. The zero-order valence-corrected chi connectivity index (χ0v) is 17.0. The number of hydrogen-bond donors (Lipinski definition) is 2. The van der Waals surface area contributed by atoms with Crippen molar-refractivity contribution < 1.29 is 8.42 Å². The van der Waals surface area contributed by atoms with Crippen molar-refractivity contribution >= 4 is 27.0 Å². The van der Waals surface area contributed by atoms with Gasteiger partial charge in [0.25, 0.3) is 5.56 Å². The standard InChI is InChI=1S/C20H16N6O4S/c1-24-17-16(18(27)23-20(24)28)25-11-15(12-5-3-2-4-6-12)26(19(25)22-17)13-7-9-14(10-8-13)31(21,29)30/h2-11H,1H3,(H2,21,29,30)(H,23,27,28). The summed E-state index contributed by atoms with van der Waals surface area (Å²) in [5, 5.41) is 5.21. The normalized spacial score (nSPS) is 12.1. The molecule has 3 heterocycles. The number of primary sulfonamides is 1. The summed E-state index contributed by atoms with van der Waals surface area (Å²) >= 11 is 0. The Morgan fingerprint density at radius 1 is 1.00 bits per heavy atom. The van der Waals surface area contributed by atoms with E-state index in [2.05, 4.69) is 9.97 Å². The predicted molar refractivity (Wildman–Crippen MR) is 115 cm³/mol. The predicted octanol–water partition coefficient (Wildman–Crippen LogP) is 0.980. The first kappa shape index (κ1) is 19.0. The van der Waals surface area contributed by atoms with Gasteiger partial charge in [-0.1, -0.05) is 30.3 Å². The van der Waals surface area contributed by atoms with E-state index in [9.17, 15) is 18.0 Å². The Labute approximate surface area is 174 Å². The fourth-order valence-electron chi connectivity index (χ4n) is 3.61. The molecule has 11 heteroatoms. The molecule has 0 bridgehead atoms. The molecule has 156 valence electrons. The third kappa shape index (κ3) is 2.90. The van der Waals surface area contributed by atoms with Crippen LogP contribution in [0.2, 0.25) is 0 Å². The van der Waals surface area contributed by atoms with Crippen molar-refractivity contribution in [2.45, 2.75) is 4.90 Å². The minimum Gasteiger partial charge on any atom is -0.279 e. The van der Waals surface area contributed by atoms with Crippen molar-refractivity contribution in [3.05, 3.63) is 81.6 Å². The van der Waals surface area contributed by atoms with Gasteiger partial charge in [-0.05, 0) is 24.3 Å². The number of rotatable bonds is 3. The molecule has 10 nitrogen and oxygen atoms in total. The zero-order chi connectivity index (χ0) is 21.9. The van der Waals surface area contributed by atoms with E-state index in [-0.39, 0.29) is 16.1 Å². The average Bonchev–Trinajstić information content (AvgIpc) is 3.29. The van der Waals surface area contributed by atoms with Gasteiger partial charge in [-0.2, -0.15) is 4.98 Å². The molecular formula is C20H16N6O4S. The van der Waals surface area contributed by atoms with E-state index in [4.69, 9.17) is 5.14 Å². The highest BCUT2D eigenvalue weighted by Crippen LogP contribution is 2.29. The first-order valence-corrected chi connectivity index (χ1v) is 10.7. The molecule has 0 amide bonds. The number of aromatic nitrogens is 5. The number of nitrogens with two attached hydrogens (primary N) is 1. The highest BCUT2D eigenvalue weighted by atomic mass is 32.2. The van der Waals surface area contributed by atoms with Crippen LogP contribution >= 0.6 is 0 Å². The number of sulfonamides is 1. The van der Waals surface area contributed by atoms with Crippen LogP contribution in [0.25, 0.3) is 33.9 Å². The van der Waals surface area contributed by atoms with Crippen molar-refractivity contribution in [1.29, 1.82) is 0 Å². The molecule has 0 radical (unpaired) electrons. The first-order valence-electron chi connectivity index (χ1n) is 9.17. The number of fused-ring (bicyclic) bond motifs is 3. The van der Waals surface area contributed by atoms with E-state index >= 15 is 0 Å². The summed E-state index contributed by atoms with van der Waals surface area (Å²) in [6.07, 6.45) is 1.76. The van der Waals surface area contributed by atoms with Gasteiger partial charge in [0.2, 0.25) is 15.8 Å². The third-order valence-corrected chi connectivity index (χ3v) is 6.05. The van der Waals surface area contributed by atoms with Crippen molar-refractivity contribution in [3.63, 3.8) is 0 Å². The SMILES string of the molecule is Cn1c(=O)[nH]c(=O)c2c1nc1n(-c3ccc(S(N)(=O)=O)cc3)c(-c3ccccc3)cn21. The third-order valence-electron chi connectivity index (χ3n) is 5.12. The number of H-pyrrole nitrogens is 1. The van der Waals surface area contributed by atoms with E-state index in [0.29, 0.717) is 11.5 Å². The van der Waals surface area contributed by atoms with Crippen molar-refractivity contribution in [1.82, 2.24) is 23.5 Å². The van der Waals surface area contributed by atoms with E-state index in [1.165, 1.54) is 23.7 Å². The van der Waals surface area contributed by atoms with Gasteiger partial charge in [0.1, 0.15) is 0 Å². The molecule has 0 aliphatic heterocycles. The fraction of sp³-hybridized carbons (Fsp3) is 0.0500. The second-order valence-electron chi connectivity index (χ2n) is 7.03. The van der Waals surface area contributed by atoms with Gasteiger partial charge in [0.05, 0.1) is 10.6 Å². The van der Waals surface area contributed by atoms with Crippen LogP contribution in [0.15, 0.2) is 75.3 Å². The molecule has 0 unspecified atom stereocenters. The van der Waals surface area contributed by atoms with Gasteiger partial charge in [-0.25, -0.2) is 18.4 Å². The van der Waals surface area contributed by atoms with Gasteiger partial charge in [-0.3, -0.25) is 23.3 Å². The highest BCUT2D eigenvalue weighted by molar-refractivity contribution is 7.89. The number of nitrogens with one attached hydrogen (secondary N) is 1. The summed E-state index contributed by atoms with van der Waals surface area (Å²) in [6.45, 7) is 0. The van der Waals surface area contributed by atoms with Gasteiger partial charge in [0.15, 0.2) is 11.2 Å². The molecule has 5 rings (SSSR count). The van der Waals surface area contributed by atoms with Gasteiger partial charge >= 0.3 is 5.69 Å². The van der Waals surface area contributed by atoms with Crippen LogP contribution in [0.3, 0.4) is 0 Å². The van der Waals surface area contributed by atoms with Crippen LogP contribution in [0.4, 0.5) is 0 Å². The maximum absolute atomic E-state index is 12.6. The Morgan fingerprint density at radius 3 is 2.32 bits per heavy atom. The van der Waals surface area contributed by atoms with Crippen LogP contribution in [0.5, 0.6) is 0 Å². The lowest BCUT2D eigenvalue weighted by atomic mass is 10.1. The second kappa shape index (κ2) is 6.52. The summed E-state index contributed by atoms with van der Waals surface area (Å²) in [5.74, 6) is 0.393. The lowest BCUT2D eigenvalue weighted by Crippen LogP contribution is -2.28. The van der Waals surface area contributed by atoms with Gasteiger partial charge in [-0.15, -0.1) is 0 Å². The van der Waals surface area contributed by atoms with Crippen LogP contribution in [-0.4, -0.2) is 31.9 Å². The molecule has 5 aromatic rings. The molecule has 0 saturated heterocycles. The number of aromatic amines is 1. The molecule has 0 atom stereocenters. The Hall–Kier alpha value is -3.96. The van der Waals surface area contributed by atoms with E-state index in [1.807, 2.05) is 30.3 Å². The van der Waals surface area contributed by atoms with Crippen LogP contribution in [0.1, 0.15) is 0 Å². The molecule has 0 fully saturated rings. The minimum atomic E-state index is -3.84. The molecular weight excluding hydrogens is 420 g/mol. The largest absolute Gasteiger partial charge is 0.329 e. The van der Waals surface area contributed by atoms with Gasteiger partial charge in [0, 0.05) is 24.5 Å². The Morgan fingerprint density at radius 2 is 1.68 bits per heavy atom. The summed E-state index contributed by atoms with van der Waals surface area (Å²) in [5.41, 5.74) is 1.54. The molecule has 0 spiro atoms. The topological polar surface area (TPSA) is 137 Å². The fourth-order valence-corrected chi connectivity index (χ4v) is 4.13. The van der Waals surface area contributed by atoms with E-state index < -0.39 is 21.3 Å². The molecule has 3 N–H and O–H groups in total. The van der Waals surface area contributed by atoms with Crippen LogP contribution in [0, 0.1) is 0 Å². The molecule has 31 heavy (non-hydrogen) atoms. The smallest absolute Gasteiger partial charge is 0.279 e. The molecule has 0 aliphatic carbocycles. The van der Waals surface area contributed by atoms with Crippen molar-refractivity contribution in [2.75, 3.05) is 0 Å². The average molecular weight is 436 g/mol. The number of nitrogens with zero attached hydrogens (tertiary/aromatic N) is 4. The molecule has 3 aromatic heterocycles. The van der Waals surface area contributed by atoms with Crippen molar-refractivity contribution in [2.24, 2.45) is 12.2 Å². The number of imidazole rings is 2. The number of benzene rings is 2. The van der Waals surface area contributed by atoms with Crippen molar-refractivity contribution in [3.8, 4) is 16.9 Å². The summed E-state index contributed by atoms with van der Waals surface area (Å²) in [4.78, 5) is 31.4. The quantitative estimate of drug-likeness (QED) is 0.434. The maximum atomic E-state index is 12.6. The van der Waals surface area contributed by atoms with E-state index in [0.717, 1.165) is 11.3 Å². The Kier molecular flexibility index (Phi) is 4.00. The molecule has 0 saturated carbocycles. The lowest BCUT2D eigenvalue weighted by Gasteiger charge is -2.10. The monoisotopic (exact) mass is 436 g/mol. The summed E-state index contributed by atoms with van der Waals surface area (Å²) in [7, 11) is -2.32. The Balaban J connectivity index is 1.90. The summed E-state index contributed by atoms with van der Waals surface area (Å²) < 4.78 is 27.9. The Bertz CT molecular complexity index is 1690. The number of hydrogen-bond acceptors (Lipinski definition) is 5. The van der Waals surface area contributed by atoms with Gasteiger partial charge < -0.3 is 0 Å². The number of aryl methyl sites for hydroxylation is 1. The maximum Gasteiger partial charge on any atom is 0.329 e. The minimum absolute atomic E-state index is 0.0203. The highest BCUT2D eigenvalue weighted by Gasteiger charge is 2.21. The van der Waals surface area contributed by atoms with Crippen LogP contribution in [-0.2, 0) is 17.1 Å². The first-order chi connectivity index (χ1) is 14.8. The van der Waals surface area contributed by atoms with E-state index in [1.54, 1.807) is 27.3 Å². The molecule has 2 aromatic carbocycles.